The first-order valence-electron chi connectivity index (χ1n) is 4.32. The number of anilines is 1. The molecule has 1 aliphatic rings. The van der Waals surface area contributed by atoms with Crippen LogP contribution < -0.4 is 10.1 Å². The van der Waals surface area contributed by atoms with Crippen molar-refractivity contribution in [2.75, 3.05) is 19.0 Å². The largest absolute Gasteiger partial charge is 0.490 e. The Kier molecular flexibility index (Phi) is 1.99. The number of hydrogen-bond donors (Lipinski definition) is 1. The smallest absolute Gasteiger partial charge is 0.311 e. The summed E-state index contributed by atoms with van der Waals surface area (Å²) in [4.78, 5) is 10.3. The average molecular weight is 194 g/mol. The van der Waals surface area contributed by atoms with E-state index < -0.39 is 4.92 Å². The molecule has 0 amide bonds. The van der Waals surface area contributed by atoms with Crippen LogP contribution >= 0.6 is 0 Å². The summed E-state index contributed by atoms with van der Waals surface area (Å²) in [6.07, 6.45) is 0.778. The van der Waals surface area contributed by atoms with E-state index in [0.717, 1.165) is 24.2 Å². The quantitative estimate of drug-likeness (QED) is 0.573. The van der Waals surface area contributed by atoms with Gasteiger partial charge in [-0.15, -0.1) is 0 Å². The molecule has 0 spiro atoms. The van der Waals surface area contributed by atoms with E-state index >= 15 is 0 Å². The standard InChI is InChI=1S/C9H10N2O3/c1-14-9-6-4-5-10-7(6)2-3-8(9)11(12)13/h2-3,10H,4-5H2,1H3. The highest BCUT2D eigenvalue weighted by Gasteiger charge is 2.23. The number of hydrogen-bond acceptors (Lipinski definition) is 4. The maximum atomic E-state index is 10.7. The molecule has 1 aliphatic heterocycles. The molecule has 0 aromatic heterocycles. The Balaban J connectivity index is 2.59. The van der Waals surface area contributed by atoms with Crippen molar-refractivity contribution < 1.29 is 9.66 Å². The summed E-state index contributed by atoms with van der Waals surface area (Å²) in [5.41, 5.74) is 1.88. The van der Waals surface area contributed by atoms with Crippen LogP contribution in [-0.4, -0.2) is 18.6 Å². The van der Waals surface area contributed by atoms with Gasteiger partial charge in [-0.3, -0.25) is 10.1 Å². The molecule has 1 heterocycles. The minimum atomic E-state index is -0.419. The summed E-state index contributed by atoms with van der Waals surface area (Å²) in [6, 6.07) is 3.19. The van der Waals surface area contributed by atoms with E-state index in [1.807, 2.05) is 0 Å². The molecule has 0 unspecified atom stereocenters. The lowest BCUT2D eigenvalue weighted by Gasteiger charge is -2.06. The molecular formula is C9H10N2O3. The molecule has 2 rings (SSSR count). The topological polar surface area (TPSA) is 64.4 Å². The van der Waals surface area contributed by atoms with Crippen molar-refractivity contribution in [3.05, 3.63) is 27.8 Å². The van der Waals surface area contributed by atoms with Crippen LogP contribution in [0.3, 0.4) is 0 Å². The maximum absolute atomic E-state index is 10.7. The molecule has 1 aromatic carbocycles. The number of nitro groups is 1. The predicted octanol–water partition coefficient (Wildman–Crippen LogP) is 1.57. The molecule has 1 aromatic rings. The number of nitrogens with zero attached hydrogens (tertiary/aromatic N) is 1. The van der Waals surface area contributed by atoms with E-state index in [1.165, 1.54) is 13.2 Å². The first-order chi connectivity index (χ1) is 6.74. The van der Waals surface area contributed by atoms with Gasteiger partial charge < -0.3 is 10.1 Å². The number of fused-ring (bicyclic) bond motifs is 1. The van der Waals surface area contributed by atoms with Crippen LogP contribution in [0.15, 0.2) is 12.1 Å². The molecule has 0 atom stereocenters. The fourth-order valence-corrected chi connectivity index (χ4v) is 1.72. The number of benzene rings is 1. The molecule has 0 saturated carbocycles. The Morgan fingerprint density at radius 2 is 2.36 bits per heavy atom. The Hall–Kier alpha value is -1.78. The van der Waals surface area contributed by atoms with Crippen molar-refractivity contribution in [2.45, 2.75) is 6.42 Å². The lowest BCUT2D eigenvalue weighted by atomic mass is 10.1. The van der Waals surface area contributed by atoms with Crippen molar-refractivity contribution >= 4 is 11.4 Å². The van der Waals surface area contributed by atoms with Crippen molar-refractivity contribution in [3.63, 3.8) is 0 Å². The van der Waals surface area contributed by atoms with Gasteiger partial charge in [0.05, 0.1) is 12.0 Å². The summed E-state index contributed by atoms with van der Waals surface area (Å²) in [5.74, 6) is 0.387. The van der Waals surface area contributed by atoms with E-state index in [9.17, 15) is 10.1 Å². The zero-order valence-corrected chi connectivity index (χ0v) is 7.74. The summed E-state index contributed by atoms with van der Waals surface area (Å²) >= 11 is 0. The minimum absolute atomic E-state index is 0.0370. The number of rotatable bonds is 2. The highest BCUT2D eigenvalue weighted by molar-refractivity contribution is 5.67. The van der Waals surface area contributed by atoms with Gasteiger partial charge in [0.1, 0.15) is 0 Å². The summed E-state index contributed by atoms with van der Waals surface area (Å²) < 4.78 is 5.07. The van der Waals surface area contributed by atoms with E-state index in [-0.39, 0.29) is 5.69 Å². The van der Waals surface area contributed by atoms with Crippen molar-refractivity contribution in [1.29, 1.82) is 0 Å². The first-order valence-corrected chi connectivity index (χ1v) is 4.32. The monoisotopic (exact) mass is 194 g/mol. The van der Waals surface area contributed by atoms with Crippen LogP contribution in [0.4, 0.5) is 11.4 Å². The fourth-order valence-electron chi connectivity index (χ4n) is 1.72. The third-order valence-electron chi connectivity index (χ3n) is 2.33. The van der Waals surface area contributed by atoms with Gasteiger partial charge in [0, 0.05) is 23.9 Å². The van der Waals surface area contributed by atoms with Crippen LogP contribution in [0.5, 0.6) is 5.75 Å². The maximum Gasteiger partial charge on any atom is 0.311 e. The summed E-state index contributed by atoms with van der Waals surface area (Å²) in [6.45, 7) is 0.812. The number of methoxy groups -OCH3 is 1. The van der Waals surface area contributed by atoms with Crippen molar-refractivity contribution in [1.82, 2.24) is 0 Å². The van der Waals surface area contributed by atoms with Gasteiger partial charge in [-0.25, -0.2) is 0 Å². The molecule has 0 aliphatic carbocycles. The number of nitro benzene ring substituents is 1. The summed E-state index contributed by atoms with van der Waals surface area (Å²) in [7, 11) is 1.46. The van der Waals surface area contributed by atoms with Crippen LogP contribution in [0.2, 0.25) is 0 Å². The molecule has 5 heteroatoms. The van der Waals surface area contributed by atoms with E-state index in [4.69, 9.17) is 4.74 Å². The predicted molar refractivity (Wildman–Crippen MR) is 51.8 cm³/mol. The van der Waals surface area contributed by atoms with E-state index in [2.05, 4.69) is 5.32 Å². The second-order valence-electron chi connectivity index (χ2n) is 3.08. The molecule has 5 nitrogen and oxygen atoms in total. The van der Waals surface area contributed by atoms with Gasteiger partial charge >= 0.3 is 5.69 Å². The average Bonchev–Trinajstić information content (AvgIpc) is 2.63. The molecule has 1 N–H and O–H groups in total. The SMILES string of the molecule is COc1c([N+](=O)[O-])ccc2c1CCN2. The highest BCUT2D eigenvalue weighted by Crippen LogP contribution is 2.38. The molecule has 0 saturated heterocycles. The van der Waals surface area contributed by atoms with Crippen molar-refractivity contribution in [3.8, 4) is 5.75 Å². The Labute approximate surface area is 80.8 Å². The van der Waals surface area contributed by atoms with Crippen LogP contribution in [0.25, 0.3) is 0 Å². The molecule has 14 heavy (non-hydrogen) atoms. The second-order valence-corrected chi connectivity index (χ2v) is 3.08. The van der Waals surface area contributed by atoms with Crippen LogP contribution in [-0.2, 0) is 6.42 Å². The van der Waals surface area contributed by atoms with Gasteiger partial charge in [0.25, 0.3) is 0 Å². The zero-order chi connectivity index (χ0) is 10.1. The number of ether oxygens (including phenoxy) is 1. The van der Waals surface area contributed by atoms with E-state index in [0.29, 0.717) is 5.75 Å². The Bertz CT molecular complexity index is 390. The number of nitrogens with one attached hydrogen (secondary N) is 1. The van der Waals surface area contributed by atoms with Gasteiger partial charge in [0.15, 0.2) is 0 Å². The van der Waals surface area contributed by atoms with Crippen LogP contribution in [0.1, 0.15) is 5.56 Å². The third-order valence-corrected chi connectivity index (χ3v) is 2.33. The fraction of sp³-hybridized carbons (Fsp3) is 0.333. The molecule has 74 valence electrons. The third kappa shape index (κ3) is 1.17. The highest BCUT2D eigenvalue weighted by atomic mass is 16.6. The van der Waals surface area contributed by atoms with E-state index in [1.54, 1.807) is 6.07 Å². The molecule has 0 bridgehead atoms. The Morgan fingerprint density at radius 3 is 3.00 bits per heavy atom. The molecule has 0 radical (unpaired) electrons. The molecular weight excluding hydrogens is 184 g/mol. The zero-order valence-electron chi connectivity index (χ0n) is 7.74. The van der Waals surface area contributed by atoms with Crippen LogP contribution in [0, 0.1) is 10.1 Å². The van der Waals surface area contributed by atoms with Gasteiger partial charge in [-0.1, -0.05) is 0 Å². The first kappa shape index (κ1) is 8.80. The Morgan fingerprint density at radius 1 is 1.57 bits per heavy atom. The molecule has 0 fully saturated rings. The van der Waals surface area contributed by atoms with Gasteiger partial charge in [0.2, 0.25) is 5.75 Å². The van der Waals surface area contributed by atoms with Gasteiger partial charge in [-0.05, 0) is 12.5 Å². The summed E-state index contributed by atoms with van der Waals surface area (Å²) in [5, 5.41) is 13.8. The van der Waals surface area contributed by atoms with Crippen molar-refractivity contribution in [2.24, 2.45) is 0 Å². The second kappa shape index (κ2) is 3.17. The lowest BCUT2D eigenvalue weighted by Crippen LogP contribution is -1.96. The normalized spacial score (nSPS) is 13.2. The van der Waals surface area contributed by atoms with Gasteiger partial charge in [-0.2, -0.15) is 0 Å². The minimum Gasteiger partial charge on any atom is -0.490 e. The lowest BCUT2D eigenvalue weighted by molar-refractivity contribution is -0.385.